The van der Waals surface area contributed by atoms with Crippen molar-refractivity contribution in [3.05, 3.63) is 23.8 Å². The molecule has 1 aliphatic heterocycles. The first kappa shape index (κ1) is 18.5. The van der Waals surface area contributed by atoms with E-state index >= 15 is 0 Å². The number of rotatable bonds is 3. The van der Waals surface area contributed by atoms with Crippen LogP contribution in [0.15, 0.2) is 18.2 Å². The van der Waals surface area contributed by atoms with Gasteiger partial charge in [0.25, 0.3) is 0 Å². The Kier molecular flexibility index (Phi) is 5.12. The lowest BCUT2D eigenvalue weighted by atomic mass is 9.85. The SMILES string of the molecule is CC(C)(C)OC(=O)C1CCC(N2CCOc3cc(C(=O)O)ccc32)CC1. The van der Waals surface area contributed by atoms with Crippen molar-refractivity contribution in [2.45, 2.75) is 58.1 Å². The molecule has 0 amide bonds. The van der Waals surface area contributed by atoms with Crippen molar-refractivity contribution in [1.29, 1.82) is 0 Å². The molecule has 1 fully saturated rings. The van der Waals surface area contributed by atoms with Crippen LogP contribution >= 0.6 is 0 Å². The van der Waals surface area contributed by atoms with E-state index in [1.54, 1.807) is 12.1 Å². The van der Waals surface area contributed by atoms with Crippen LogP contribution in [-0.2, 0) is 9.53 Å². The molecule has 0 spiro atoms. The van der Waals surface area contributed by atoms with E-state index in [4.69, 9.17) is 14.6 Å². The number of esters is 1. The molecule has 2 aliphatic rings. The second-order valence-electron chi connectivity index (χ2n) is 8.07. The Labute approximate surface area is 154 Å². The molecule has 6 heteroatoms. The fourth-order valence-corrected chi connectivity index (χ4v) is 3.76. The van der Waals surface area contributed by atoms with Gasteiger partial charge in [-0.05, 0) is 64.7 Å². The zero-order valence-electron chi connectivity index (χ0n) is 15.7. The van der Waals surface area contributed by atoms with Crippen molar-refractivity contribution in [3.8, 4) is 5.75 Å². The fraction of sp³-hybridized carbons (Fsp3) is 0.600. The average Bonchev–Trinajstić information content (AvgIpc) is 2.59. The Morgan fingerprint density at radius 3 is 2.50 bits per heavy atom. The monoisotopic (exact) mass is 361 g/mol. The second kappa shape index (κ2) is 7.17. The first-order valence-corrected chi connectivity index (χ1v) is 9.24. The molecule has 6 nitrogen and oxygen atoms in total. The predicted molar refractivity (Wildman–Crippen MR) is 97.8 cm³/mol. The Morgan fingerprint density at radius 1 is 1.19 bits per heavy atom. The summed E-state index contributed by atoms with van der Waals surface area (Å²) < 4.78 is 11.2. The van der Waals surface area contributed by atoms with Gasteiger partial charge in [0.1, 0.15) is 18.0 Å². The minimum Gasteiger partial charge on any atom is -0.490 e. The minimum atomic E-state index is -0.952. The molecule has 0 aromatic heterocycles. The number of hydrogen-bond acceptors (Lipinski definition) is 5. The Bertz CT molecular complexity index is 686. The molecule has 142 valence electrons. The summed E-state index contributed by atoms with van der Waals surface area (Å²) in [4.78, 5) is 25.7. The zero-order valence-corrected chi connectivity index (χ0v) is 15.7. The fourth-order valence-electron chi connectivity index (χ4n) is 3.76. The van der Waals surface area contributed by atoms with Gasteiger partial charge in [-0.3, -0.25) is 4.79 Å². The van der Waals surface area contributed by atoms with Gasteiger partial charge in [0.05, 0.1) is 23.7 Å². The highest BCUT2D eigenvalue weighted by molar-refractivity contribution is 5.89. The molecule has 0 atom stereocenters. The molecular formula is C20H27NO5. The van der Waals surface area contributed by atoms with E-state index in [0.29, 0.717) is 18.4 Å². The van der Waals surface area contributed by atoms with Gasteiger partial charge in [-0.15, -0.1) is 0 Å². The molecule has 0 saturated heterocycles. The first-order valence-electron chi connectivity index (χ1n) is 9.24. The third-order valence-electron chi connectivity index (χ3n) is 4.98. The van der Waals surface area contributed by atoms with Crippen LogP contribution in [-0.4, -0.2) is 41.8 Å². The molecule has 1 aliphatic carbocycles. The molecule has 1 heterocycles. The van der Waals surface area contributed by atoms with Crippen LogP contribution in [0.2, 0.25) is 0 Å². The van der Waals surface area contributed by atoms with E-state index in [1.807, 2.05) is 26.8 Å². The predicted octanol–water partition coefficient (Wildman–Crippen LogP) is 3.48. The number of nitrogens with zero attached hydrogens (tertiary/aromatic N) is 1. The molecule has 1 aromatic rings. The van der Waals surface area contributed by atoms with Gasteiger partial charge in [0, 0.05) is 6.04 Å². The minimum absolute atomic E-state index is 0.0274. The number of carboxylic acid groups (broad SMARTS) is 1. The van der Waals surface area contributed by atoms with Crippen LogP contribution in [0, 0.1) is 5.92 Å². The van der Waals surface area contributed by atoms with Gasteiger partial charge in [0.2, 0.25) is 0 Å². The van der Waals surface area contributed by atoms with Crippen LogP contribution in [0.5, 0.6) is 5.75 Å². The van der Waals surface area contributed by atoms with E-state index in [9.17, 15) is 9.59 Å². The van der Waals surface area contributed by atoms with Crippen molar-refractivity contribution in [3.63, 3.8) is 0 Å². The van der Waals surface area contributed by atoms with Crippen molar-refractivity contribution in [2.24, 2.45) is 5.92 Å². The van der Waals surface area contributed by atoms with Gasteiger partial charge < -0.3 is 19.5 Å². The number of anilines is 1. The lowest BCUT2D eigenvalue weighted by molar-refractivity contribution is -0.161. The van der Waals surface area contributed by atoms with Gasteiger partial charge >= 0.3 is 11.9 Å². The third kappa shape index (κ3) is 4.11. The first-order chi connectivity index (χ1) is 12.2. The highest BCUT2D eigenvalue weighted by Gasteiger charge is 2.34. The standard InChI is InChI=1S/C20H27NO5/c1-20(2,3)26-19(24)13-4-7-15(8-5-13)21-10-11-25-17-12-14(18(22)23)6-9-16(17)21/h6,9,12-13,15H,4-5,7-8,10-11H2,1-3H3,(H,22,23). The molecule has 3 rings (SSSR count). The van der Waals surface area contributed by atoms with E-state index in [0.717, 1.165) is 37.9 Å². The summed E-state index contributed by atoms with van der Waals surface area (Å²) in [5, 5.41) is 9.15. The summed E-state index contributed by atoms with van der Waals surface area (Å²) in [7, 11) is 0. The molecular weight excluding hydrogens is 334 g/mol. The molecule has 1 saturated carbocycles. The van der Waals surface area contributed by atoms with Crippen molar-refractivity contribution < 1.29 is 24.2 Å². The average molecular weight is 361 g/mol. The summed E-state index contributed by atoms with van der Waals surface area (Å²) in [5.74, 6) is -0.443. The summed E-state index contributed by atoms with van der Waals surface area (Å²) >= 11 is 0. The number of carboxylic acids is 1. The number of ether oxygens (including phenoxy) is 2. The molecule has 0 bridgehead atoms. The summed E-state index contributed by atoms with van der Waals surface area (Å²) in [6, 6.07) is 5.38. The van der Waals surface area contributed by atoms with Gasteiger partial charge in [-0.25, -0.2) is 4.79 Å². The lowest BCUT2D eigenvalue weighted by Crippen LogP contribution is -2.44. The summed E-state index contributed by atoms with van der Waals surface area (Å²) in [6.45, 7) is 7.01. The van der Waals surface area contributed by atoms with E-state index in [1.165, 1.54) is 0 Å². The Hall–Kier alpha value is -2.24. The zero-order chi connectivity index (χ0) is 18.9. The smallest absolute Gasteiger partial charge is 0.335 e. The van der Waals surface area contributed by atoms with Crippen molar-refractivity contribution in [1.82, 2.24) is 0 Å². The maximum absolute atomic E-state index is 12.3. The van der Waals surface area contributed by atoms with Crippen molar-refractivity contribution in [2.75, 3.05) is 18.1 Å². The summed E-state index contributed by atoms with van der Waals surface area (Å²) in [6.07, 6.45) is 3.48. The number of fused-ring (bicyclic) bond motifs is 1. The number of benzene rings is 1. The van der Waals surface area contributed by atoms with Crippen LogP contribution in [0.3, 0.4) is 0 Å². The Morgan fingerprint density at radius 2 is 1.88 bits per heavy atom. The molecule has 0 radical (unpaired) electrons. The molecule has 1 N–H and O–H groups in total. The quantitative estimate of drug-likeness (QED) is 0.831. The van der Waals surface area contributed by atoms with Crippen LogP contribution in [0.25, 0.3) is 0 Å². The van der Waals surface area contributed by atoms with E-state index in [2.05, 4.69) is 4.90 Å². The van der Waals surface area contributed by atoms with Gasteiger partial charge in [-0.1, -0.05) is 0 Å². The number of hydrogen-bond donors (Lipinski definition) is 1. The third-order valence-corrected chi connectivity index (χ3v) is 4.98. The van der Waals surface area contributed by atoms with E-state index in [-0.39, 0.29) is 17.5 Å². The highest BCUT2D eigenvalue weighted by Crippen LogP contribution is 2.38. The molecule has 26 heavy (non-hydrogen) atoms. The number of carbonyl (C=O) groups is 2. The van der Waals surface area contributed by atoms with Crippen LogP contribution in [0.4, 0.5) is 5.69 Å². The molecule has 1 aromatic carbocycles. The maximum atomic E-state index is 12.3. The number of carbonyl (C=O) groups excluding carboxylic acids is 1. The lowest BCUT2D eigenvalue weighted by Gasteiger charge is -2.41. The molecule has 0 unspecified atom stereocenters. The largest absolute Gasteiger partial charge is 0.490 e. The van der Waals surface area contributed by atoms with E-state index < -0.39 is 11.6 Å². The number of aromatic carboxylic acids is 1. The van der Waals surface area contributed by atoms with Gasteiger partial charge in [0.15, 0.2) is 0 Å². The maximum Gasteiger partial charge on any atom is 0.335 e. The van der Waals surface area contributed by atoms with Crippen molar-refractivity contribution >= 4 is 17.6 Å². The second-order valence-corrected chi connectivity index (χ2v) is 8.07. The normalized spacial score (nSPS) is 23.0. The summed E-state index contributed by atoms with van der Waals surface area (Å²) in [5.41, 5.74) is 0.736. The van der Waals surface area contributed by atoms with Crippen LogP contribution in [0.1, 0.15) is 56.8 Å². The van der Waals surface area contributed by atoms with Crippen LogP contribution < -0.4 is 9.64 Å². The Balaban J connectivity index is 1.66. The topological polar surface area (TPSA) is 76.1 Å². The highest BCUT2D eigenvalue weighted by atomic mass is 16.6. The van der Waals surface area contributed by atoms with Gasteiger partial charge in [-0.2, -0.15) is 0 Å².